The maximum absolute atomic E-state index is 11.8. The van der Waals surface area contributed by atoms with Crippen molar-refractivity contribution in [1.82, 2.24) is 19.5 Å². The summed E-state index contributed by atoms with van der Waals surface area (Å²) in [5.41, 5.74) is 0.988. The van der Waals surface area contributed by atoms with Crippen LogP contribution in [-0.2, 0) is 33.3 Å². The average Bonchev–Trinajstić information content (AvgIpc) is 3.31. The molecule has 31 heavy (non-hydrogen) atoms. The molecule has 166 valence electrons. The second-order valence-corrected chi connectivity index (χ2v) is 7.48. The number of esters is 3. The number of carbonyl (C=O) groups is 3. The molecule has 0 bridgehead atoms. The fourth-order valence-electron chi connectivity index (χ4n) is 3.48. The van der Waals surface area contributed by atoms with Gasteiger partial charge in [-0.05, 0) is 12.8 Å². The zero-order chi connectivity index (χ0) is 22.1. The Hall–Kier alpha value is -3.28. The van der Waals surface area contributed by atoms with Crippen LogP contribution in [-0.4, -0.2) is 68.4 Å². The summed E-state index contributed by atoms with van der Waals surface area (Å²) in [6.07, 6.45) is 1.26. The zero-order valence-electron chi connectivity index (χ0n) is 17.3. The van der Waals surface area contributed by atoms with Gasteiger partial charge >= 0.3 is 17.9 Å². The van der Waals surface area contributed by atoms with Gasteiger partial charge in [0.05, 0.1) is 6.33 Å². The van der Waals surface area contributed by atoms with E-state index in [1.165, 1.54) is 33.4 Å². The Kier molecular flexibility index (Phi) is 5.72. The molecule has 2 aromatic rings. The van der Waals surface area contributed by atoms with Crippen molar-refractivity contribution in [2.75, 3.05) is 11.9 Å². The summed E-state index contributed by atoms with van der Waals surface area (Å²) in [6, 6.07) is 0.362. The summed E-state index contributed by atoms with van der Waals surface area (Å²) in [6.45, 7) is 3.55. The van der Waals surface area contributed by atoms with Crippen LogP contribution in [0.3, 0.4) is 0 Å². The Labute approximate surface area is 177 Å². The topological polar surface area (TPSA) is 144 Å². The number of imidazole rings is 1. The number of hydrogen-bond donors (Lipinski definition) is 1. The fraction of sp³-hybridized carbons (Fsp3) is 0.579. The number of nitrogens with zero attached hydrogens (tertiary/aromatic N) is 4. The van der Waals surface area contributed by atoms with Gasteiger partial charge in [0.2, 0.25) is 0 Å². The van der Waals surface area contributed by atoms with Gasteiger partial charge in [-0.25, -0.2) is 15.0 Å². The van der Waals surface area contributed by atoms with Crippen molar-refractivity contribution in [2.45, 2.75) is 64.2 Å². The van der Waals surface area contributed by atoms with Crippen LogP contribution in [0.25, 0.3) is 11.2 Å². The van der Waals surface area contributed by atoms with E-state index < -0.39 is 42.4 Å². The quantitative estimate of drug-likeness (QED) is 0.487. The van der Waals surface area contributed by atoms with Crippen molar-refractivity contribution in [3.05, 3.63) is 12.7 Å². The van der Waals surface area contributed by atoms with Gasteiger partial charge in [-0.1, -0.05) is 0 Å². The van der Waals surface area contributed by atoms with Crippen LogP contribution in [0.1, 0.15) is 39.8 Å². The van der Waals surface area contributed by atoms with Crippen molar-refractivity contribution in [3.8, 4) is 0 Å². The number of anilines is 1. The van der Waals surface area contributed by atoms with E-state index in [-0.39, 0.29) is 6.61 Å². The minimum atomic E-state index is -1.01. The van der Waals surface area contributed by atoms with Gasteiger partial charge in [0, 0.05) is 26.8 Å². The van der Waals surface area contributed by atoms with Gasteiger partial charge in [-0.15, -0.1) is 0 Å². The van der Waals surface area contributed by atoms with E-state index in [1.807, 2.05) is 0 Å². The first-order valence-corrected chi connectivity index (χ1v) is 9.91. The molecule has 0 amide bonds. The maximum Gasteiger partial charge on any atom is 0.303 e. The van der Waals surface area contributed by atoms with Crippen LogP contribution in [0.4, 0.5) is 5.82 Å². The Balaban J connectivity index is 1.69. The molecule has 12 heteroatoms. The average molecular weight is 433 g/mol. The highest BCUT2D eigenvalue weighted by Crippen LogP contribution is 2.36. The van der Waals surface area contributed by atoms with Gasteiger partial charge in [-0.2, -0.15) is 0 Å². The third kappa shape index (κ3) is 4.58. The monoisotopic (exact) mass is 433 g/mol. The highest BCUT2D eigenvalue weighted by atomic mass is 16.7. The molecule has 2 aromatic heterocycles. The smallest absolute Gasteiger partial charge is 0.303 e. The van der Waals surface area contributed by atoms with E-state index in [4.69, 9.17) is 18.9 Å². The molecular formula is C19H23N5O7. The molecular weight excluding hydrogens is 410 g/mol. The first kappa shape index (κ1) is 21.0. The predicted octanol–water partition coefficient (Wildman–Crippen LogP) is 0.724. The van der Waals surface area contributed by atoms with Crippen LogP contribution >= 0.6 is 0 Å². The summed E-state index contributed by atoms with van der Waals surface area (Å²) in [7, 11) is 0. The molecule has 2 aliphatic rings. The van der Waals surface area contributed by atoms with E-state index in [1.54, 1.807) is 4.57 Å². The fourth-order valence-corrected chi connectivity index (χ4v) is 3.48. The van der Waals surface area contributed by atoms with Crippen LogP contribution in [0.15, 0.2) is 12.7 Å². The molecule has 2 fully saturated rings. The van der Waals surface area contributed by atoms with Crippen molar-refractivity contribution >= 4 is 34.9 Å². The lowest BCUT2D eigenvalue weighted by atomic mass is 10.1. The summed E-state index contributed by atoms with van der Waals surface area (Å²) in [5.74, 6) is -1.09. The van der Waals surface area contributed by atoms with Gasteiger partial charge in [0.15, 0.2) is 35.4 Å². The SMILES string of the molecule is CC(=O)OC[C@H]1O[C@@H](n2cnc3c(NC4CC4)ncnc32)C(OC(C)=O)C1OC(C)=O. The first-order chi connectivity index (χ1) is 14.8. The standard InChI is InChI=1S/C19H23N5O7/c1-9(25)28-6-13-15(29-10(2)26)16(30-11(3)27)19(31-13)24-8-22-14-17(23-12-4-5-12)20-7-21-18(14)24/h7-8,12-13,15-16,19H,4-6H2,1-3H3,(H,20,21,23)/t13-,15?,16?,19-/m1/s1. The summed E-state index contributed by atoms with van der Waals surface area (Å²) >= 11 is 0. The Morgan fingerprint density at radius 2 is 1.77 bits per heavy atom. The first-order valence-electron chi connectivity index (χ1n) is 9.91. The van der Waals surface area contributed by atoms with Crippen LogP contribution in [0.2, 0.25) is 0 Å². The van der Waals surface area contributed by atoms with Gasteiger partial charge in [-0.3, -0.25) is 19.0 Å². The highest BCUT2D eigenvalue weighted by molar-refractivity contribution is 5.83. The number of nitrogens with one attached hydrogen (secondary N) is 1. The summed E-state index contributed by atoms with van der Waals surface area (Å²) < 4.78 is 23.5. The summed E-state index contributed by atoms with van der Waals surface area (Å²) in [5, 5.41) is 3.30. The van der Waals surface area contributed by atoms with E-state index in [0.29, 0.717) is 23.0 Å². The van der Waals surface area contributed by atoms with Crippen molar-refractivity contribution in [1.29, 1.82) is 0 Å². The number of aromatic nitrogens is 4. The number of rotatable bonds is 7. The minimum absolute atomic E-state index is 0.183. The molecule has 3 heterocycles. The molecule has 1 N–H and O–H groups in total. The minimum Gasteiger partial charge on any atom is -0.463 e. The molecule has 4 rings (SSSR count). The van der Waals surface area contributed by atoms with Crippen molar-refractivity contribution in [2.24, 2.45) is 0 Å². The Morgan fingerprint density at radius 1 is 1.06 bits per heavy atom. The molecule has 0 spiro atoms. The third-order valence-electron chi connectivity index (χ3n) is 4.89. The van der Waals surface area contributed by atoms with Crippen LogP contribution in [0, 0.1) is 0 Å². The number of fused-ring (bicyclic) bond motifs is 1. The molecule has 1 aliphatic carbocycles. The molecule has 12 nitrogen and oxygen atoms in total. The van der Waals surface area contributed by atoms with Crippen molar-refractivity contribution in [3.63, 3.8) is 0 Å². The lowest BCUT2D eigenvalue weighted by molar-refractivity contribution is -0.166. The lowest BCUT2D eigenvalue weighted by Crippen LogP contribution is -2.40. The second-order valence-electron chi connectivity index (χ2n) is 7.48. The summed E-state index contributed by atoms with van der Waals surface area (Å²) in [4.78, 5) is 47.8. The lowest BCUT2D eigenvalue weighted by Gasteiger charge is -2.23. The van der Waals surface area contributed by atoms with Gasteiger partial charge in [0.1, 0.15) is 19.0 Å². The van der Waals surface area contributed by atoms with Crippen molar-refractivity contribution < 1.29 is 33.3 Å². The molecule has 2 unspecified atom stereocenters. The molecule has 0 radical (unpaired) electrons. The number of ether oxygens (including phenoxy) is 4. The van der Waals surface area contributed by atoms with E-state index in [9.17, 15) is 14.4 Å². The zero-order valence-corrected chi connectivity index (χ0v) is 17.3. The number of carbonyl (C=O) groups excluding carboxylic acids is 3. The van der Waals surface area contributed by atoms with E-state index >= 15 is 0 Å². The van der Waals surface area contributed by atoms with E-state index in [2.05, 4.69) is 20.3 Å². The predicted molar refractivity (Wildman–Crippen MR) is 104 cm³/mol. The van der Waals surface area contributed by atoms with Gasteiger partial charge < -0.3 is 24.3 Å². The molecule has 1 aliphatic heterocycles. The molecule has 4 atom stereocenters. The Morgan fingerprint density at radius 3 is 2.42 bits per heavy atom. The largest absolute Gasteiger partial charge is 0.463 e. The van der Waals surface area contributed by atoms with Crippen LogP contribution < -0.4 is 5.32 Å². The molecule has 0 aromatic carbocycles. The highest BCUT2D eigenvalue weighted by Gasteiger charge is 2.51. The molecule has 1 saturated carbocycles. The second kappa shape index (κ2) is 8.46. The maximum atomic E-state index is 11.8. The normalized spacial score (nSPS) is 25.3. The number of hydrogen-bond acceptors (Lipinski definition) is 11. The van der Waals surface area contributed by atoms with Gasteiger partial charge in [0.25, 0.3) is 0 Å². The molecule has 1 saturated heterocycles. The van der Waals surface area contributed by atoms with E-state index in [0.717, 1.165) is 12.8 Å². The Bertz CT molecular complexity index is 1000. The third-order valence-corrected chi connectivity index (χ3v) is 4.89. The van der Waals surface area contributed by atoms with Crippen LogP contribution in [0.5, 0.6) is 0 Å².